The van der Waals surface area contributed by atoms with Crippen molar-refractivity contribution in [2.75, 3.05) is 19.6 Å². The number of aliphatic hydroxyl groups is 1. The number of hydrogen-bond donors (Lipinski definition) is 2. The van der Waals surface area contributed by atoms with Crippen molar-refractivity contribution in [3.63, 3.8) is 0 Å². The van der Waals surface area contributed by atoms with Gasteiger partial charge in [-0.3, -0.25) is 10.2 Å². The Morgan fingerprint density at radius 1 is 1.58 bits per heavy atom. The van der Waals surface area contributed by atoms with Gasteiger partial charge in [-0.2, -0.15) is 0 Å². The summed E-state index contributed by atoms with van der Waals surface area (Å²) in [4.78, 5) is 2.34. The Kier molecular flexibility index (Phi) is 3.50. The van der Waals surface area contributed by atoms with Crippen molar-refractivity contribution in [1.82, 2.24) is 10.2 Å². The number of nitrogens with one attached hydrogen (secondary N) is 1. The molecule has 0 radical (unpaired) electrons. The molecule has 0 bridgehead atoms. The molecule has 1 heterocycles. The van der Waals surface area contributed by atoms with Gasteiger partial charge in [0.05, 0.1) is 0 Å². The van der Waals surface area contributed by atoms with E-state index in [1.165, 1.54) is 0 Å². The van der Waals surface area contributed by atoms with Gasteiger partial charge in [0.15, 0.2) is 0 Å². The van der Waals surface area contributed by atoms with Crippen LogP contribution in [-0.2, 0) is 0 Å². The minimum absolute atomic E-state index is 0.251. The molecular weight excluding hydrogens is 152 g/mol. The van der Waals surface area contributed by atoms with Crippen molar-refractivity contribution >= 4 is 0 Å². The SMILES string of the molecule is CC(C)CN1CCNC(O)C1C. The van der Waals surface area contributed by atoms with Crippen molar-refractivity contribution in [1.29, 1.82) is 0 Å². The van der Waals surface area contributed by atoms with E-state index in [0.717, 1.165) is 19.6 Å². The van der Waals surface area contributed by atoms with Gasteiger partial charge in [0.1, 0.15) is 6.23 Å². The predicted octanol–water partition coefficient (Wildman–Crippen LogP) is 0.254. The molecule has 12 heavy (non-hydrogen) atoms. The van der Waals surface area contributed by atoms with Crippen molar-refractivity contribution in [3.8, 4) is 0 Å². The lowest BCUT2D eigenvalue weighted by Crippen LogP contribution is -2.57. The molecule has 3 heteroatoms. The summed E-state index contributed by atoms with van der Waals surface area (Å²) >= 11 is 0. The summed E-state index contributed by atoms with van der Waals surface area (Å²) in [5.41, 5.74) is 0. The highest BCUT2D eigenvalue weighted by Crippen LogP contribution is 2.09. The average Bonchev–Trinajstić information content (AvgIpc) is 1.98. The van der Waals surface area contributed by atoms with Crippen molar-refractivity contribution < 1.29 is 5.11 Å². The first-order valence-corrected chi connectivity index (χ1v) is 4.76. The van der Waals surface area contributed by atoms with Crippen LogP contribution >= 0.6 is 0 Å². The molecule has 3 nitrogen and oxygen atoms in total. The summed E-state index contributed by atoms with van der Waals surface area (Å²) < 4.78 is 0. The summed E-state index contributed by atoms with van der Waals surface area (Å²) in [5.74, 6) is 0.678. The smallest absolute Gasteiger partial charge is 0.120 e. The standard InChI is InChI=1S/C9H20N2O/c1-7(2)6-11-5-4-10-9(12)8(11)3/h7-10,12H,4-6H2,1-3H3. The highest BCUT2D eigenvalue weighted by Gasteiger charge is 2.25. The molecule has 0 saturated carbocycles. The summed E-state index contributed by atoms with van der Waals surface area (Å²) in [5, 5.41) is 12.6. The van der Waals surface area contributed by atoms with Gasteiger partial charge in [-0.15, -0.1) is 0 Å². The van der Waals surface area contributed by atoms with Crippen LogP contribution in [0.2, 0.25) is 0 Å². The molecule has 0 amide bonds. The number of nitrogens with zero attached hydrogens (tertiary/aromatic N) is 1. The van der Waals surface area contributed by atoms with Crippen molar-refractivity contribution in [2.24, 2.45) is 5.92 Å². The van der Waals surface area contributed by atoms with E-state index in [2.05, 4.69) is 31.0 Å². The maximum atomic E-state index is 9.51. The van der Waals surface area contributed by atoms with E-state index in [-0.39, 0.29) is 12.3 Å². The fourth-order valence-electron chi connectivity index (χ4n) is 1.66. The average molecular weight is 172 g/mol. The van der Waals surface area contributed by atoms with Gasteiger partial charge in [-0.05, 0) is 12.8 Å². The maximum absolute atomic E-state index is 9.51. The van der Waals surface area contributed by atoms with E-state index < -0.39 is 0 Å². The second-order valence-electron chi connectivity index (χ2n) is 4.03. The lowest BCUT2D eigenvalue weighted by atomic mass is 10.1. The topological polar surface area (TPSA) is 35.5 Å². The van der Waals surface area contributed by atoms with Crippen LogP contribution in [0.4, 0.5) is 0 Å². The molecule has 1 saturated heterocycles. The second kappa shape index (κ2) is 4.21. The largest absolute Gasteiger partial charge is 0.377 e. The fourth-order valence-corrected chi connectivity index (χ4v) is 1.66. The molecular formula is C9H20N2O. The van der Waals surface area contributed by atoms with Crippen molar-refractivity contribution in [2.45, 2.75) is 33.0 Å². The first-order valence-electron chi connectivity index (χ1n) is 4.76. The van der Waals surface area contributed by atoms with Crippen LogP contribution in [0.25, 0.3) is 0 Å². The number of rotatable bonds is 2. The zero-order chi connectivity index (χ0) is 9.14. The molecule has 1 aliphatic rings. The molecule has 0 aromatic rings. The molecule has 0 aliphatic carbocycles. The van der Waals surface area contributed by atoms with E-state index in [1.54, 1.807) is 0 Å². The van der Waals surface area contributed by atoms with Gasteiger partial charge in [0, 0.05) is 25.7 Å². The van der Waals surface area contributed by atoms with E-state index in [9.17, 15) is 5.11 Å². The van der Waals surface area contributed by atoms with E-state index in [4.69, 9.17) is 0 Å². The summed E-state index contributed by atoms with van der Waals surface area (Å²) in [6.07, 6.45) is -0.350. The Bertz CT molecular complexity index is 138. The first kappa shape index (κ1) is 9.96. The van der Waals surface area contributed by atoms with E-state index in [0.29, 0.717) is 5.92 Å². The predicted molar refractivity (Wildman–Crippen MR) is 49.9 cm³/mol. The molecule has 0 aromatic heterocycles. The monoisotopic (exact) mass is 172 g/mol. The van der Waals surface area contributed by atoms with Crippen LogP contribution in [-0.4, -0.2) is 41.9 Å². The Hall–Kier alpha value is -0.120. The highest BCUT2D eigenvalue weighted by atomic mass is 16.3. The van der Waals surface area contributed by atoms with E-state index >= 15 is 0 Å². The van der Waals surface area contributed by atoms with Gasteiger partial charge < -0.3 is 5.11 Å². The molecule has 2 unspecified atom stereocenters. The second-order valence-corrected chi connectivity index (χ2v) is 4.03. The minimum atomic E-state index is -0.350. The number of piperazine rings is 1. The van der Waals surface area contributed by atoms with Crippen molar-refractivity contribution in [3.05, 3.63) is 0 Å². The zero-order valence-corrected chi connectivity index (χ0v) is 8.25. The molecule has 1 rings (SSSR count). The number of aliphatic hydroxyl groups excluding tert-OH is 1. The summed E-state index contributed by atoms with van der Waals surface area (Å²) in [6, 6.07) is 0.251. The molecule has 2 atom stereocenters. The van der Waals surface area contributed by atoms with Gasteiger partial charge in [-0.25, -0.2) is 0 Å². The van der Waals surface area contributed by atoms with Crippen LogP contribution in [0, 0.1) is 5.92 Å². The minimum Gasteiger partial charge on any atom is -0.377 e. The van der Waals surface area contributed by atoms with Crippen LogP contribution in [0.5, 0.6) is 0 Å². The third kappa shape index (κ3) is 2.44. The molecule has 1 aliphatic heterocycles. The summed E-state index contributed by atoms with van der Waals surface area (Å²) in [6.45, 7) is 9.52. The molecule has 2 N–H and O–H groups in total. The quantitative estimate of drug-likeness (QED) is 0.627. The Morgan fingerprint density at radius 3 is 2.83 bits per heavy atom. The first-order chi connectivity index (χ1) is 5.61. The van der Waals surface area contributed by atoms with Crippen LogP contribution in [0.15, 0.2) is 0 Å². The third-order valence-electron chi connectivity index (χ3n) is 2.39. The zero-order valence-electron chi connectivity index (χ0n) is 8.25. The Morgan fingerprint density at radius 2 is 2.25 bits per heavy atom. The van der Waals surface area contributed by atoms with Crippen LogP contribution in [0.1, 0.15) is 20.8 Å². The van der Waals surface area contributed by atoms with E-state index in [1.807, 2.05) is 0 Å². The Balaban J connectivity index is 2.41. The van der Waals surface area contributed by atoms with Gasteiger partial charge in [0.25, 0.3) is 0 Å². The molecule has 1 fully saturated rings. The van der Waals surface area contributed by atoms with Crippen LogP contribution in [0.3, 0.4) is 0 Å². The third-order valence-corrected chi connectivity index (χ3v) is 2.39. The number of hydrogen-bond acceptors (Lipinski definition) is 3. The fraction of sp³-hybridized carbons (Fsp3) is 1.00. The lowest BCUT2D eigenvalue weighted by molar-refractivity contribution is 0.000889. The molecule has 72 valence electrons. The molecule has 0 spiro atoms. The molecule has 0 aromatic carbocycles. The van der Waals surface area contributed by atoms with Gasteiger partial charge in [0.2, 0.25) is 0 Å². The van der Waals surface area contributed by atoms with Gasteiger partial charge >= 0.3 is 0 Å². The normalized spacial score (nSPS) is 32.8. The Labute approximate surface area is 74.8 Å². The van der Waals surface area contributed by atoms with Gasteiger partial charge in [-0.1, -0.05) is 13.8 Å². The highest BCUT2D eigenvalue weighted by molar-refractivity contribution is 4.79. The maximum Gasteiger partial charge on any atom is 0.120 e. The lowest BCUT2D eigenvalue weighted by Gasteiger charge is -2.38. The summed E-state index contributed by atoms with van der Waals surface area (Å²) in [7, 11) is 0. The van der Waals surface area contributed by atoms with Crippen LogP contribution < -0.4 is 5.32 Å².